The smallest absolute Gasteiger partial charge is 0.192 e. The molecule has 0 spiro atoms. The second-order valence-corrected chi connectivity index (χ2v) is 8.30. The molecule has 2 heterocycles. The van der Waals surface area contributed by atoms with Crippen molar-refractivity contribution in [3.05, 3.63) is 87.7 Å². The Morgan fingerprint density at radius 3 is 2.03 bits per heavy atom. The lowest BCUT2D eigenvalue weighted by Crippen LogP contribution is -1.86. The Labute approximate surface area is 188 Å². The highest BCUT2D eigenvalue weighted by Gasteiger charge is 2.23. The van der Waals surface area contributed by atoms with E-state index in [1.807, 2.05) is 73.7 Å². The Kier molecular flexibility index (Phi) is 4.82. The number of benzene rings is 3. The molecule has 3 aromatic carbocycles. The molecule has 5 aromatic rings. The van der Waals surface area contributed by atoms with Crippen molar-refractivity contribution in [2.45, 2.75) is 6.92 Å². The number of aromatic amines is 1. The molecule has 0 bridgehead atoms. The second kappa shape index (κ2) is 7.51. The van der Waals surface area contributed by atoms with E-state index in [0.717, 1.165) is 39.0 Å². The minimum Gasteiger partial charge on any atom is -0.440 e. The average molecular weight is 454 g/mol. The van der Waals surface area contributed by atoms with Crippen molar-refractivity contribution in [3.8, 4) is 33.8 Å². The van der Waals surface area contributed by atoms with Gasteiger partial charge in [0.2, 0.25) is 0 Å². The van der Waals surface area contributed by atoms with Gasteiger partial charge in [0.05, 0.1) is 11.3 Å². The first-order chi connectivity index (χ1) is 14.5. The topological polar surface area (TPSA) is 41.8 Å². The molecule has 0 saturated carbocycles. The van der Waals surface area contributed by atoms with E-state index in [2.05, 4.69) is 9.97 Å². The molecule has 0 radical (unpaired) electrons. The molecule has 3 nitrogen and oxygen atoms in total. The van der Waals surface area contributed by atoms with Crippen molar-refractivity contribution >= 4 is 45.7 Å². The first kappa shape index (κ1) is 19.3. The summed E-state index contributed by atoms with van der Waals surface area (Å²) >= 11 is 18.5. The van der Waals surface area contributed by atoms with Crippen LogP contribution in [0.4, 0.5) is 0 Å². The molecule has 0 aliphatic rings. The van der Waals surface area contributed by atoms with Gasteiger partial charge in [0.15, 0.2) is 11.7 Å². The molecule has 30 heavy (non-hydrogen) atoms. The van der Waals surface area contributed by atoms with Gasteiger partial charge in [-0.05, 0) is 48.0 Å². The Hall–Kier alpha value is -2.72. The summed E-state index contributed by atoms with van der Waals surface area (Å²) < 4.78 is 6.14. The standard InChI is InChI=1S/C24H15Cl3N2O/c1-13-28-23(15-4-8-17(26)9-5-15)24(30-13)21-19-12-18(27)10-11-20(19)29-22(21)14-2-6-16(25)7-3-14/h2-12,29H,1H3. The number of halogens is 3. The number of nitrogens with zero attached hydrogens (tertiary/aromatic N) is 1. The van der Waals surface area contributed by atoms with Crippen LogP contribution >= 0.6 is 34.8 Å². The van der Waals surface area contributed by atoms with Crippen molar-refractivity contribution in [1.82, 2.24) is 9.97 Å². The molecular weight excluding hydrogens is 439 g/mol. The van der Waals surface area contributed by atoms with Crippen LogP contribution in [0.25, 0.3) is 44.7 Å². The maximum Gasteiger partial charge on any atom is 0.192 e. The summed E-state index contributed by atoms with van der Waals surface area (Å²) in [5, 5.41) is 2.95. The number of fused-ring (bicyclic) bond motifs is 1. The van der Waals surface area contributed by atoms with Crippen LogP contribution in [0.15, 0.2) is 71.1 Å². The van der Waals surface area contributed by atoms with E-state index >= 15 is 0 Å². The number of oxazole rings is 1. The molecule has 0 aliphatic carbocycles. The maximum atomic E-state index is 6.34. The monoisotopic (exact) mass is 452 g/mol. The lowest BCUT2D eigenvalue weighted by Gasteiger charge is -2.06. The number of hydrogen-bond donors (Lipinski definition) is 1. The van der Waals surface area contributed by atoms with Gasteiger partial charge in [0, 0.05) is 38.5 Å². The van der Waals surface area contributed by atoms with Crippen LogP contribution in [0.5, 0.6) is 0 Å². The first-order valence-corrected chi connectivity index (χ1v) is 10.4. The third kappa shape index (κ3) is 3.39. The van der Waals surface area contributed by atoms with Gasteiger partial charge in [-0.15, -0.1) is 0 Å². The zero-order valence-corrected chi connectivity index (χ0v) is 18.1. The largest absolute Gasteiger partial charge is 0.440 e. The number of rotatable bonds is 3. The summed E-state index contributed by atoms with van der Waals surface area (Å²) in [6.07, 6.45) is 0. The molecule has 0 atom stereocenters. The van der Waals surface area contributed by atoms with Gasteiger partial charge in [-0.25, -0.2) is 4.98 Å². The van der Waals surface area contributed by atoms with Crippen molar-refractivity contribution < 1.29 is 4.42 Å². The van der Waals surface area contributed by atoms with Crippen molar-refractivity contribution in [2.75, 3.05) is 0 Å². The minimum absolute atomic E-state index is 0.577. The average Bonchev–Trinajstić information content (AvgIpc) is 3.29. The van der Waals surface area contributed by atoms with E-state index in [9.17, 15) is 0 Å². The summed E-state index contributed by atoms with van der Waals surface area (Å²) in [6.45, 7) is 1.84. The van der Waals surface area contributed by atoms with Gasteiger partial charge in [0.25, 0.3) is 0 Å². The molecule has 2 aromatic heterocycles. The van der Waals surface area contributed by atoms with Crippen LogP contribution in [0, 0.1) is 6.92 Å². The van der Waals surface area contributed by atoms with Gasteiger partial charge < -0.3 is 9.40 Å². The van der Waals surface area contributed by atoms with Crippen LogP contribution in [0.3, 0.4) is 0 Å². The zero-order valence-electron chi connectivity index (χ0n) is 15.8. The molecule has 0 unspecified atom stereocenters. The third-order valence-electron chi connectivity index (χ3n) is 4.97. The molecule has 0 aliphatic heterocycles. The van der Waals surface area contributed by atoms with Crippen LogP contribution < -0.4 is 0 Å². The predicted octanol–water partition coefficient (Wildman–Crippen LogP) is 8.43. The Morgan fingerprint density at radius 2 is 1.37 bits per heavy atom. The fourth-order valence-electron chi connectivity index (χ4n) is 3.63. The molecule has 0 fully saturated rings. The summed E-state index contributed by atoms with van der Waals surface area (Å²) in [4.78, 5) is 8.18. The molecule has 6 heteroatoms. The van der Waals surface area contributed by atoms with E-state index in [1.54, 1.807) is 0 Å². The molecule has 148 valence electrons. The number of H-pyrrole nitrogens is 1. The second-order valence-electron chi connectivity index (χ2n) is 6.99. The molecule has 0 amide bonds. The normalized spacial score (nSPS) is 11.3. The van der Waals surface area contributed by atoms with Crippen molar-refractivity contribution in [3.63, 3.8) is 0 Å². The number of nitrogens with one attached hydrogen (secondary N) is 1. The van der Waals surface area contributed by atoms with Crippen LogP contribution in [0.2, 0.25) is 15.1 Å². The van der Waals surface area contributed by atoms with Gasteiger partial charge in [0.1, 0.15) is 5.69 Å². The number of aromatic nitrogens is 2. The van der Waals surface area contributed by atoms with Crippen molar-refractivity contribution in [1.29, 1.82) is 0 Å². The fraction of sp³-hybridized carbons (Fsp3) is 0.0417. The van der Waals surface area contributed by atoms with Gasteiger partial charge >= 0.3 is 0 Å². The number of hydrogen-bond acceptors (Lipinski definition) is 2. The first-order valence-electron chi connectivity index (χ1n) is 9.30. The van der Waals surface area contributed by atoms with E-state index < -0.39 is 0 Å². The van der Waals surface area contributed by atoms with E-state index in [1.165, 1.54) is 0 Å². The van der Waals surface area contributed by atoms with E-state index in [-0.39, 0.29) is 0 Å². The fourth-order valence-corrected chi connectivity index (χ4v) is 4.06. The highest BCUT2D eigenvalue weighted by atomic mass is 35.5. The maximum absolute atomic E-state index is 6.34. The summed E-state index contributed by atoms with van der Waals surface area (Å²) in [6, 6.07) is 21.0. The van der Waals surface area contributed by atoms with E-state index in [0.29, 0.717) is 26.7 Å². The quantitative estimate of drug-likeness (QED) is 0.298. The zero-order chi connectivity index (χ0) is 20.8. The molecule has 5 rings (SSSR count). The lowest BCUT2D eigenvalue weighted by atomic mass is 10.00. The van der Waals surface area contributed by atoms with E-state index in [4.69, 9.17) is 39.2 Å². The van der Waals surface area contributed by atoms with Crippen LogP contribution in [0.1, 0.15) is 5.89 Å². The predicted molar refractivity (Wildman–Crippen MR) is 124 cm³/mol. The lowest BCUT2D eigenvalue weighted by molar-refractivity contribution is 0.535. The van der Waals surface area contributed by atoms with Gasteiger partial charge in [-0.3, -0.25) is 0 Å². The summed E-state index contributed by atoms with van der Waals surface area (Å²) in [5.41, 5.74) is 5.42. The Bertz CT molecular complexity index is 1370. The van der Waals surface area contributed by atoms with Crippen molar-refractivity contribution in [2.24, 2.45) is 0 Å². The third-order valence-corrected chi connectivity index (χ3v) is 5.71. The SMILES string of the molecule is Cc1nc(-c2ccc(Cl)cc2)c(-c2c(-c3ccc(Cl)cc3)[nH]c3ccc(Cl)cc23)o1. The Balaban J connectivity index is 1.83. The molecular formula is C24H15Cl3N2O. The summed E-state index contributed by atoms with van der Waals surface area (Å²) in [7, 11) is 0. The van der Waals surface area contributed by atoms with Crippen LogP contribution in [-0.4, -0.2) is 9.97 Å². The molecule has 0 saturated heterocycles. The van der Waals surface area contributed by atoms with Gasteiger partial charge in [-0.2, -0.15) is 0 Å². The van der Waals surface area contributed by atoms with Crippen LogP contribution in [-0.2, 0) is 0 Å². The highest BCUT2D eigenvalue weighted by Crippen LogP contribution is 2.43. The number of aryl methyl sites for hydroxylation is 1. The van der Waals surface area contributed by atoms with Gasteiger partial charge in [-0.1, -0.05) is 59.1 Å². The summed E-state index contributed by atoms with van der Waals surface area (Å²) in [5.74, 6) is 1.25. The Morgan fingerprint density at radius 1 is 0.767 bits per heavy atom. The minimum atomic E-state index is 0.577. The highest BCUT2D eigenvalue weighted by molar-refractivity contribution is 6.32. The molecule has 1 N–H and O–H groups in total.